The molecule has 0 unspecified atom stereocenters. The summed E-state index contributed by atoms with van der Waals surface area (Å²) in [6, 6.07) is 11.7. The van der Waals surface area contributed by atoms with Crippen molar-refractivity contribution in [2.24, 2.45) is 4.99 Å². The number of carbonyl (C=O) groups excluding carboxylic acids is 1. The van der Waals surface area contributed by atoms with Crippen LogP contribution in [0.5, 0.6) is 5.75 Å². The normalized spacial score (nSPS) is 15.2. The molecule has 1 heterocycles. The molecule has 0 radical (unpaired) electrons. The maximum absolute atomic E-state index is 13.4. The van der Waals surface area contributed by atoms with Crippen LogP contribution in [0.25, 0.3) is 6.08 Å². The van der Waals surface area contributed by atoms with Gasteiger partial charge in [-0.2, -0.15) is 0 Å². The molecule has 0 spiro atoms. The van der Waals surface area contributed by atoms with E-state index in [4.69, 9.17) is 16.3 Å². The third-order valence-corrected chi connectivity index (χ3v) is 4.19. The molecule has 1 amide bonds. The van der Waals surface area contributed by atoms with Gasteiger partial charge in [0.1, 0.15) is 23.1 Å². The molecular weight excluding hydrogens is 343 g/mol. The third kappa shape index (κ3) is 4.06. The summed E-state index contributed by atoms with van der Waals surface area (Å²) in [7, 11) is 1.49. The summed E-state index contributed by atoms with van der Waals surface area (Å²) >= 11 is 6.13. The molecule has 0 atom stereocenters. The number of methoxy groups -OCH3 is 1. The first-order valence-corrected chi connectivity index (χ1v) is 8.12. The Hall–Kier alpha value is -2.66. The van der Waals surface area contributed by atoms with Crippen molar-refractivity contribution in [2.75, 3.05) is 7.11 Å². The molecule has 0 saturated heterocycles. The van der Waals surface area contributed by atoms with Gasteiger partial charge in [0.2, 0.25) is 0 Å². The fraction of sp³-hybridized carbons (Fsp3) is 0.158. The van der Waals surface area contributed by atoms with Crippen LogP contribution in [0.2, 0.25) is 5.02 Å². The number of hydrogen-bond donors (Lipinski definition) is 1. The minimum atomic E-state index is -0.408. The van der Waals surface area contributed by atoms with Crippen LogP contribution in [0.15, 0.2) is 53.2 Å². The Balaban J connectivity index is 1.78. The molecule has 2 aromatic carbocycles. The molecule has 2 aromatic rings. The van der Waals surface area contributed by atoms with Crippen molar-refractivity contribution in [1.82, 2.24) is 5.32 Å². The number of nitrogens with one attached hydrogen (secondary N) is 1. The van der Waals surface area contributed by atoms with Crippen LogP contribution >= 0.6 is 11.6 Å². The second-order valence-corrected chi connectivity index (χ2v) is 5.93. The Labute approximate surface area is 150 Å². The van der Waals surface area contributed by atoms with Gasteiger partial charge in [-0.25, -0.2) is 9.38 Å². The van der Waals surface area contributed by atoms with Crippen molar-refractivity contribution in [2.45, 2.75) is 12.8 Å². The molecule has 0 bridgehead atoms. The Morgan fingerprint density at radius 3 is 2.80 bits per heavy atom. The highest BCUT2D eigenvalue weighted by Gasteiger charge is 2.20. The number of halogens is 2. The predicted molar refractivity (Wildman–Crippen MR) is 96.3 cm³/mol. The number of aliphatic imine (C=N–C) groups is 1. The number of ether oxygens (including phenoxy) is 1. The van der Waals surface area contributed by atoms with E-state index in [1.807, 2.05) is 24.3 Å². The maximum atomic E-state index is 13.4. The van der Waals surface area contributed by atoms with Gasteiger partial charge in [0.25, 0.3) is 5.91 Å². The van der Waals surface area contributed by atoms with Crippen molar-refractivity contribution < 1.29 is 13.9 Å². The van der Waals surface area contributed by atoms with Crippen molar-refractivity contribution >= 4 is 29.4 Å². The Kier molecular flexibility index (Phi) is 5.14. The van der Waals surface area contributed by atoms with E-state index in [9.17, 15) is 9.18 Å². The average Bonchev–Trinajstić information content (AvgIpc) is 2.94. The van der Waals surface area contributed by atoms with Gasteiger partial charge < -0.3 is 10.1 Å². The fourth-order valence-corrected chi connectivity index (χ4v) is 2.79. The maximum Gasteiger partial charge on any atom is 0.275 e. The molecule has 1 aliphatic rings. The van der Waals surface area contributed by atoms with Gasteiger partial charge in [0, 0.05) is 17.0 Å². The number of rotatable bonds is 5. The van der Waals surface area contributed by atoms with E-state index in [-0.39, 0.29) is 11.6 Å². The SMILES string of the molecule is COc1ccc(F)cc1/C=C1/N=C(CCc2ccccc2Cl)NC1=O. The zero-order valence-corrected chi connectivity index (χ0v) is 14.3. The van der Waals surface area contributed by atoms with Crippen molar-refractivity contribution in [3.8, 4) is 5.75 Å². The van der Waals surface area contributed by atoms with Gasteiger partial charge >= 0.3 is 0 Å². The third-order valence-electron chi connectivity index (χ3n) is 3.82. The number of hydrogen-bond acceptors (Lipinski definition) is 3. The summed E-state index contributed by atoms with van der Waals surface area (Å²) in [4.78, 5) is 16.4. The first-order valence-electron chi connectivity index (χ1n) is 7.74. The van der Waals surface area contributed by atoms with Crippen LogP contribution in [-0.4, -0.2) is 18.9 Å². The summed E-state index contributed by atoms with van der Waals surface area (Å²) < 4.78 is 18.6. The van der Waals surface area contributed by atoms with Crippen LogP contribution in [0, 0.1) is 5.82 Å². The predicted octanol–water partition coefficient (Wildman–Crippen LogP) is 3.99. The van der Waals surface area contributed by atoms with Gasteiger partial charge in [-0.3, -0.25) is 4.79 Å². The molecule has 0 fully saturated rings. The van der Waals surface area contributed by atoms with E-state index in [2.05, 4.69) is 10.3 Å². The van der Waals surface area contributed by atoms with E-state index in [0.717, 1.165) is 5.56 Å². The van der Waals surface area contributed by atoms with E-state index in [1.165, 1.54) is 31.4 Å². The minimum absolute atomic E-state index is 0.220. The molecule has 25 heavy (non-hydrogen) atoms. The number of nitrogens with zero attached hydrogens (tertiary/aromatic N) is 1. The molecular formula is C19H16ClFN2O2. The Morgan fingerprint density at radius 1 is 1.24 bits per heavy atom. The monoisotopic (exact) mass is 358 g/mol. The topological polar surface area (TPSA) is 50.7 Å². The average molecular weight is 359 g/mol. The minimum Gasteiger partial charge on any atom is -0.496 e. The first-order chi connectivity index (χ1) is 12.1. The lowest BCUT2D eigenvalue weighted by molar-refractivity contribution is -0.115. The molecule has 0 aliphatic carbocycles. The van der Waals surface area contributed by atoms with Gasteiger partial charge in [-0.05, 0) is 42.3 Å². The summed E-state index contributed by atoms with van der Waals surface area (Å²) in [5.41, 5.74) is 1.67. The Morgan fingerprint density at radius 2 is 2.04 bits per heavy atom. The lowest BCUT2D eigenvalue weighted by Crippen LogP contribution is -2.24. The molecule has 0 aromatic heterocycles. The van der Waals surface area contributed by atoms with Crippen LogP contribution in [0.1, 0.15) is 17.5 Å². The lowest BCUT2D eigenvalue weighted by atomic mass is 10.1. The lowest BCUT2D eigenvalue weighted by Gasteiger charge is -2.04. The smallest absolute Gasteiger partial charge is 0.275 e. The van der Waals surface area contributed by atoms with Gasteiger partial charge in [0.15, 0.2) is 0 Å². The highest BCUT2D eigenvalue weighted by molar-refractivity contribution is 6.31. The zero-order chi connectivity index (χ0) is 17.8. The second-order valence-electron chi connectivity index (χ2n) is 5.52. The quantitative estimate of drug-likeness (QED) is 0.822. The van der Waals surface area contributed by atoms with E-state index < -0.39 is 5.82 Å². The number of carbonyl (C=O) groups is 1. The highest BCUT2D eigenvalue weighted by Crippen LogP contribution is 2.24. The van der Waals surface area contributed by atoms with Gasteiger partial charge in [0.05, 0.1) is 7.11 Å². The zero-order valence-electron chi connectivity index (χ0n) is 13.6. The molecule has 4 nitrogen and oxygen atoms in total. The fourth-order valence-electron chi connectivity index (χ4n) is 2.55. The number of amidine groups is 1. The number of benzene rings is 2. The van der Waals surface area contributed by atoms with Crippen LogP contribution in [0.4, 0.5) is 4.39 Å². The van der Waals surface area contributed by atoms with Gasteiger partial charge in [-0.15, -0.1) is 0 Å². The van der Waals surface area contributed by atoms with Crippen molar-refractivity contribution in [3.63, 3.8) is 0 Å². The number of aryl methyl sites for hydroxylation is 1. The summed E-state index contributed by atoms with van der Waals surface area (Å²) in [5, 5.41) is 3.42. The molecule has 0 saturated carbocycles. The Bertz CT molecular complexity index is 877. The number of amides is 1. The summed E-state index contributed by atoms with van der Waals surface area (Å²) in [5.74, 6) is 0.308. The standard InChI is InChI=1S/C19H16ClFN2O2/c1-25-17-8-7-14(21)10-13(17)11-16-19(24)23-18(22-16)9-6-12-4-2-3-5-15(12)20/h2-5,7-8,10-11H,6,9H2,1H3,(H,22,23,24)/b16-11+. The van der Waals surface area contributed by atoms with Crippen LogP contribution in [0.3, 0.4) is 0 Å². The molecule has 1 aliphatic heterocycles. The van der Waals surface area contributed by atoms with E-state index in [1.54, 1.807) is 0 Å². The van der Waals surface area contributed by atoms with Crippen LogP contribution < -0.4 is 10.1 Å². The van der Waals surface area contributed by atoms with E-state index >= 15 is 0 Å². The second kappa shape index (κ2) is 7.49. The first kappa shape index (κ1) is 17.2. The van der Waals surface area contributed by atoms with Crippen molar-refractivity contribution in [1.29, 1.82) is 0 Å². The molecule has 1 N–H and O–H groups in total. The largest absolute Gasteiger partial charge is 0.496 e. The van der Waals surface area contributed by atoms with Crippen LogP contribution in [-0.2, 0) is 11.2 Å². The molecule has 6 heteroatoms. The highest BCUT2D eigenvalue weighted by atomic mass is 35.5. The molecule has 128 valence electrons. The van der Waals surface area contributed by atoms with Crippen molar-refractivity contribution in [3.05, 3.63) is 70.1 Å². The molecule has 3 rings (SSSR count). The summed E-state index contributed by atoms with van der Waals surface area (Å²) in [6.45, 7) is 0. The summed E-state index contributed by atoms with van der Waals surface area (Å²) in [6.07, 6.45) is 2.72. The van der Waals surface area contributed by atoms with Gasteiger partial charge in [-0.1, -0.05) is 29.8 Å². The van der Waals surface area contributed by atoms with E-state index in [0.29, 0.717) is 35.0 Å².